The van der Waals surface area contributed by atoms with Crippen LogP contribution in [0.3, 0.4) is 0 Å². The number of halogens is 2. The number of hydrogen-bond acceptors (Lipinski definition) is 3. The molecule has 0 radical (unpaired) electrons. The molecule has 0 aliphatic carbocycles. The van der Waals surface area contributed by atoms with Crippen molar-refractivity contribution in [3.8, 4) is 22.7 Å². The summed E-state index contributed by atoms with van der Waals surface area (Å²) in [5.41, 5.74) is 4.92. The van der Waals surface area contributed by atoms with Crippen LogP contribution in [0.1, 0.15) is 18.1 Å². The average molecular weight is 503 g/mol. The number of aromatic amines is 2. The molecule has 5 rings (SSSR count). The van der Waals surface area contributed by atoms with Crippen LogP contribution >= 0.6 is 11.6 Å². The second kappa shape index (κ2) is 9.87. The minimum atomic E-state index is -0.370. The summed E-state index contributed by atoms with van der Waals surface area (Å²) in [4.78, 5) is 21.5. The Labute approximate surface area is 212 Å². The van der Waals surface area contributed by atoms with Gasteiger partial charge >= 0.3 is 0 Å². The number of H-pyrrole nitrogens is 2. The molecule has 36 heavy (non-hydrogen) atoms. The molecule has 0 aliphatic rings. The van der Waals surface area contributed by atoms with Gasteiger partial charge in [0.1, 0.15) is 11.6 Å². The molecule has 0 fully saturated rings. The van der Waals surface area contributed by atoms with Crippen LogP contribution in [-0.4, -0.2) is 34.1 Å². The predicted octanol–water partition coefficient (Wildman–Crippen LogP) is 6.17. The van der Waals surface area contributed by atoms with Crippen molar-refractivity contribution in [1.29, 1.82) is 0 Å². The molecule has 2 N–H and O–H groups in total. The molecule has 0 aliphatic heterocycles. The van der Waals surface area contributed by atoms with Gasteiger partial charge in [0, 0.05) is 39.9 Å². The highest BCUT2D eigenvalue weighted by Gasteiger charge is 2.19. The molecule has 0 spiro atoms. The molecule has 0 amide bonds. The zero-order valence-electron chi connectivity index (χ0n) is 19.8. The van der Waals surface area contributed by atoms with Gasteiger partial charge in [0.05, 0.1) is 24.1 Å². The van der Waals surface area contributed by atoms with E-state index >= 15 is 0 Å². The molecule has 2 heterocycles. The highest BCUT2D eigenvalue weighted by Crippen LogP contribution is 2.25. The fraction of sp³-hybridized carbons (Fsp3) is 0.143. The molecule has 8 heteroatoms. The lowest BCUT2D eigenvalue weighted by Crippen LogP contribution is -2.20. The maximum atomic E-state index is 13.5. The number of benzene rings is 3. The van der Waals surface area contributed by atoms with Crippen molar-refractivity contribution < 1.29 is 9.13 Å². The van der Waals surface area contributed by atoms with Crippen molar-refractivity contribution in [2.75, 3.05) is 13.7 Å². The number of nitrogens with zero attached hydrogens (tertiary/aromatic N) is 2. The van der Waals surface area contributed by atoms with Crippen LogP contribution in [0.5, 0.6) is 5.75 Å². The molecule has 0 saturated heterocycles. The Hall–Kier alpha value is -4.10. The van der Waals surface area contributed by atoms with E-state index in [0.717, 1.165) is 22.0 Å². The largest absolute Gasteiger partial charge is 0.497 e. The topological polar surface area (TPSA) is 75.2 Å². The number of ether oxygens (including phenoxy) is 1. The normalized spacial score (nSPS) is 11.8. The third-order valence-corrected chi connectivity index (χ3v) is 6.41. The van der Waals surface area contributed by atoms with Crippen molar-refractivity contribution in [3.63, 3.8) is 0 Å². The monoisotopic (exact) mass is 502 g/mol. The van der Waals surface area contributed by atoms with Crippen molar-refractivity contribution >= 4 is 28.2 Å². The van der Waals surface area contributed by atoms with Crippen LogP contribution < -0.4 is 10.3 Å². The lowest BCUT2D eigenvalue weighted by atomic mass is 10.0. The van der Waals surface area contributed by atoms with Crippen LogP contribution in [-0.2, 0) is 6.42 Å². The van der Waals surface area contributed by atoms with Crippen LogP contribution in [0.25, 0.3) is 27.8 Å². The minimum absolute atomic E-state index is 0.257. The molecular formula is C28H24ClFN4O2. The third kappa shape index (κ3) is 4.57. The van der Waals surface area contributed by atoms with Crippen LogP contribution in [0.15, 0.2) is 82.7 Å². The molecule has 182 valence electrons. The van der Waals surface area contributed by atoms with Gasteiger partial charge in [-0.05, 0) is 85.6 Å². The van der Waals surface area contributed by atoms with E-state index in [4.69, 9.17) is 21.3 Å². The second-order valence-electron chi connectivity index (χ2n) is 8.43. The average Bonchev–Trinajstić information content (AvgIpc) is 3.45. The molecule has 0 bridgehead atoms. The summed E-state index contributed by atoms with van der Waals surface area (Å²) in [5.74, 6) is 0.343. The molecule has 5 aromatic rings. The summed E-state index contributed by atoms with van der Waals surface area (Å²) in [6, 6.07) is 18.9. The van der Waals surface area contributed by atoms with E-state index in [1.807, 2.05) is 55.6 Å². The van der Waals surface area contributed by atoms with E-state index in [0.29, 0.717) is 46.4 Å². The van der Waals surface area contributed by atoms with Crippen LogP contribution in [0.2, 0.25) is 5.02 Å². The van der Waals surface area contributed by atoms with E-state index in [9.17, 15) is 9.18 Å². The van der Waals surface area contributed by atoms with E-state index in [2.05, 4.69) is 10.1 Å². The first-order chi connectivity index (χ1) is 17.4. The van der Waals surface area contributed by atoms with E-state index in [1.165, 1.54) is 16.8 Å². The Bertz CT molecular complexity index is 1610. The summed E-state index contributed by atoms with van der Waals surface area (Å²) in [5, 5.41) is 4.94. The van der Waals surface area contributed by atoms with Crippen molar-refractivity contribution in [3.05, 3.63) is 105 Å². The van der Waals surface area contributed by atoms with E-state index < -0.39 is 0 Å². The molecule has 6 nitrogen and oxygen atoms in total. The number of nitrogens with one attached hydrogen (secondary N) is 2. The Balaban J connectivity index is 1.51. The van der Waals surface area contributed by atoms with Gasteiger partial charge in [-0.25, -0.2) is 9.07 Å². The molecular weight excluding hydrogens is 479 g/mol. The number of methoxy groups -OCH3 is 1. The lowest BCUT2D eigenvalue weighted by molar-refractivity contribution is 0.415. The number of aliphatic imine (C=N–C) groups is 1. The smallest absolute Gasteiger partial charge is 0.280 e. The van der Waals surface area contributed by atoms with E-state index in [1.54, 1.807) is 19.2 Å². The van der Waals surface area contributed by atoms with Gasteiger partial charge in [-0.3, -0.25) is 14.9 Å². The summed E-state index contributed by atoms with van der Waals surface area (Å²) in [7, 11) is 1.60. The van der Waals surface area contributed by atoms with E-state index in [-0.39, 0.29) is 11.4 Å². The molecule has 0 atom stereocenters. The van der Waals surface area contributed by atoms with Gasteiger partial charge in [-0.1, -0.05) is 11.6 Å². The zero-order chi connectivity index (χ0) is 25.2. The van der Waals surface area contributed by atoms with Crippen molar-refractivity contribution in [2.24, 2.45) is 4.99 Å². The van der Waals surface area contributed by atoms with Gasteiger partial charge in [0.25, 0.3) is 5.56 Å². The van der Waals surface area contributed by atoms with Crippen molar-refractivity contribution in [1.82, 2.24) is 14.8 Å². The SMILES string of the molecule is COc1ccc(-c2[nH]n(-c3ccc(F)cc3)c(=O)c2C(C)=NCCc2c[nH]c3ccc(Cl)cc23)cc1. The maximum Gasteiger partial charge on any atom is 0.280 e. The third-order valence-electron chi connectivity index (χ3n) is 6.18. The molecule has 3 aromatic carbocycles. The van der Waals surface area contributed by atoms with Gasteiger partial charge in [0.2, 0.25) is 0 Å². The van der Waals surface area contributed by atoms with Gasteiger partial charge < -0.3 is 9.72 Å². The molecule has 0 saturated carbocycles. The predicted molar refractivity (Wildman–Crippen MR) is 142 cm³/mol. The van der Waals surface area contributed by atoms with Crippen molar-refractivity contribution in [2.45, 2.75) is 13.3 Å². The fourth-order valence-electron chi connectivity index (χ4n) is 4.29. The first-order valence-corrected chi connectivity index (χ1v) is 11.8. The Morgan fingerprint density at radius 2 is 1.83 bits per heavy atom. The summed E-state index contributed by atoms with van der Waals surface area (Å²) in [6.45, 7) is 2.33. The van der Waals surface area contributed by atoms with Crippen LogP contribution in [0, 0.1) is 5.82 Å². The summed E-state index contributed by atoms with van der Waals surface area (Å²) in [6.07, 6.45) is 2.65. The maximum absolute atomic E-state index is 13.5. The quantitative estimate of drug-likeness (QED) is 0.261. The van der Waals surface area contributed by atoms with Crippen LogP contribution in [0.4, 0.5) is 4.39 Å². The lowest BCUT2D eigenvalue weighted by Gasteiger charge is -2.05. The summed E-state index contributed by atoms with van der Waals surface area (Å²) >= 11 is 6.18. The zero-order valence-corrected chi connectivity index (χ0v) is 20.6. The van der Waals surface area contributed by atoms with Gasteiger partial charge in [0.15, 0.2) is 0 Å². The van der Waals surface area contributed by atoms with Gasteiger partial charge in [-0.2, -0.15) is 0 Å². The highest BCUT2D eigenvalue weighted by molar-refractivity contribution is 6.31. The molecule has 2 aromatic heterocycles. The first-order valence-electron chi connectivity index (χ1n) is 11.5. The summed E-state index contributed by atoms with van der Waals surface area (Å²) < 4.78 is 20.2. The minimum Gasteiger partial charge on any atom is -0.497 e. The Morgan fingerprint density at radius 3 is 2.56 bits per heavy atom. The standard InChI is InChI=1S/C28H24ClFN4O2/c1-17(31-14-13-19-16-32-25-12-5-20(29)15-24(19)25)26-27(18-3-10-23(36-2)11-4-18)33-34(28(26)35)22-8-6-21(30)7-9-22/h3-12,15-16,32-33H,13-14H2,1-2H3. The highest BCUT2D eigenvalue weighted by atomic mass is 35.5. The fourth-order valence-corrected chi connectivity index (χ4v) is 4.46. The Kier molecular flexibility index (Phi) is 6.48. The van der Waals surface area contributed by atoms with Gasteiger partial charge in [-0.15, -0.1) is 0 Å². The molecule has 0 unspecified atom stereocenters. The number of rotatable bonds is 7. The number of aromatic nitrogens is 3. The number of fused-ring (bicyclic) bond motifs is 1. The second-order valence-corrected chi connectivity index (χ2v) is 8.86. The first kappa shape index (κ1) is 23.6. The number of hydrogen-bond donors (Lipinski definition) is 2. The Morgan fingerprint density at radius 1 is 1.08 bits per heavy atom.